The number of methoxy groups -OCH3 is 1. The molecule has 0 fully saturated rings. The van der Waals surface area contributed by atoms with Gasteiger partial charge in [0.05, 0.1) is 20.4 Å². The minimum absolute atomic E-state index is 0.0654. The van der Waals surface area contributed by atoms with E-state index in [4.69, 9.17) is 4.74 Å². The van der Waals surface area contributed by atoms with E-state index >= 15 is 0 Å². The van der Waals surface area contributed by atoms with Crippen LogP contribution in [0.25, 0.3) is 0 Å². The number of ether oxygens (including phenoxy) is 1. The molecule has 0 atom stereocenters. The summed E-state index contributed by atoms with van der Waals surface area (Å²) >= 11 is 0. The molecule has 0 spiro atoms. The smallest absolute Gasteiger partial charge is 0.259 e. The summed E-state index contributed by atoms with van der Waals surface area (Å²) in [5.74, 6) is 1.07. The average Bonchev–Trinajstić information content (AvgIpc) is 2.73. The molecule has 3 aromatic rings. The first-order valence-corrected chi connectivity index (χ1v) is 9.43. The Morgan fingerprint density at radius 3 is 2.52 bits per heavy atom. The third kappa shape index (κ3) is 3.61. The first kappa shape index (κ1) is 19.1. The van der Waals surface area contributed by atoms with Crippen molar-refractivity contribution in [2.45, 2.75) is 27.1 Å². The van der Waals surface area contributed by atoms with Crippen molar-refractivity contribution in [3.63, 3.8) is 0 Å². The molecule has 0 radical (unpaired) electrons. The molecular weight excluding hydrogens is 371 g/mol. The zero-order valence-electron chi connectivity index (χ0n) is 16.7. The maximum Gasteiger partial charge on any atom is 0.259 e. The Bertz CT molecular complexity index is 1090. The lowest BCUT2D eigenvalue weighted by Crippen LogP contribution is -2.47. The number of para-hydroxylation sites is 1. The molecule has 4 rings (SSSR count). The lowest BCUT2D eigenvalue weighted by atomic mass is 10.2. The van der Waals surface area contributed by atoms with Crippen LogP contribution in [-0.4, -0.2) is 28.2 Å². The van der Waals surface area contributed by atoms with E-state index in [1.54, 1.807) is 30.7 Å². The van der Waals surface area contributed by atoms with Crippen LogP contribution in [0.3, 0.4) is 0 Å². The average molecular weight is 394 g/mol. The van der Waals surface area contributed by atoms with Gasteiger partial charge >= 0.3 is 0 Å². The van der Waals surface area contributed by atoms with Crippen molar-refractivity contribution in [1.82, 2.24) is 14.5 Å². The SMILES string of the molecule is COc1ccccc1CN1CN(c2ccc(F)cc2)c2nc(C)c(C)c(=O)n2C1. The first-order valence-electron chi connectivity index (χ1n) is 9.43. The Hall–Kier alpha value is -3.19. The number of hydrogen-bond donors (Lipinski definition) is 0. The van der Waals surface area contributed by atoms with E-state index in [-0.39, 0.29) is 11.4 Å². The molecule has 0 aliphatic carbocycles. The molecular formula is C22H23FN4O2. The number of halogens is 1. The molecule has 0 N–H and O–H groups in total. The standard InChI is InChI=1S/C22H23FN4O2/c1-15-16(2)24-22-26(19-10-8-18(23)9-11-19)13-25(14-27(22)21(15)28)12-17-6-4-5-7-20(17)29-3/h4-11H,12-14H2,1-3H3. The number of aromatic nitrogens is 2. The van der Waals surface area contributed by atoms with Gasteiger partial charge in [-0.05, 0) is 44.2 Å². The van der Waals surface area contributed by atoms with Crippen molar-refractivity contribution >= 4 is 11.6 Å². The maximum atomic E-state index is 13.5. The van der Waals surface area contributed by atoms with Gasteiger partial charge in [0.15, 0.2) is 0 Å². The van der Waals surface area contributed by atoms with Crippen LogP contribution in [0.15, 0.2) is 53.3 Å². The van der Waals surface area contributed by atoms with E-state index in [1.807, 2.05) is 36.1 Å². The van der Waals surface area contributed by atoms with Crippen LogP contribution in [0.5, 0.6) is 5.75 Å². The molecule has 0 unspecified atom stereocenters. The van der Waals surface area contributed by atoms with E-state index in [1.165, 1.54) is 12.1 Å². The highest BCUT2D eigenvalue weighted by Gasteiger charge is 2.27. The molecule has 1 aliphatic rings. The molecule has 2 aromatic carbocycles. The number of nitrogens with zero attached hydrogens (tertiary/aromatic N) is 4. The summed E-state index contributed by atoms with van der Waals surface area (Å²) in [6, 6.07) is 14.1. The van der Waals surface area contributed by atoms with E-state index < -0.39 is 0 Å². The highest BCUT2D eigenvalue weighted by molar-refractivity contribution is 5.58. The van der Waals surface area contributed by atoms with Crippen molar-refractivity contribution in [2.75, 3.05) is 18.7 Å². The highest BCUT2D eigenvalue weighted by Crippen LogP contribution is 2.29. The fourth-order valence-electron chi connectivity index (χ4n) is 3.58. The minimum atomic E-state index is -0.304. The zero-order chi connectivity index (χ0) is 20.5. The summed E-state index contributed by atoms with van der Waals surface area (Å²) in [6.45, 7) is 5.15. The number of fused-ring (bicyclic) bond motifs is 1. The van der Waals surface area contributed by atoms with E-state index in [9.17, 15) is 9.18 Å². The molecule has 0 saturated carbocycles. The van der Waals surface area contributed by atoms with E-state index in [2.05, 4.69) is 9.88 Å². The van der Waals surface area contributed by atoms with Gasteiger partial charge in [0.2, 0.25) is 5.95 Å². The predicted octanol–water partition coefficient (Wildman–Crippen LogP) is 3.58. The van der Waals surface area contributed by atoms with Gasteiger partial charge in [-0.3, -0.25) is 19.2 Å². The van der Waals surface area contributed by atoms with Crippen LogP contribution in [0.4, 0.5) is 16.0 Å². The number of benzene rings is 2. The summed E-state index contributed by atoms with van der Waals surface area (Å²) < 4.78 is 20.6. The second-order valence-corrected chi connectivity index (χ2v) is 7.18. The molecule has 0 amide bonds. The van der Waals surface area contributed by atoms with Crippen LogP contribution in [0, 0.1) is 19.7 Å². The van der Waals surface area contributed by atoms with Gasteiger partial charge < -0.3 is 4.74 Å². The number of rotatable bonds is 4. The van der Waals surface area contributed by atoms with Crippen LogP contribution >= 0.6 is 0 Å². The summed E-state index contributed by atoms with van der Waals surface area (Å²) in [7, 11) is 1.65. The highest BCUT2D eigenvalue weighted by atomic mass is 19.1. The van der Waals surface area contributed by atoms with Gasteiger partial charge in [0, 0.05) is 29.1 Å². The lowest BCUT2D eigenvalue weighted by molar-refractivity contribution is 0.187. The van der Waals surface area contributed by atoms with Crippen LogP contribution in [0.2, 0.25) is 0 Å². The Labute approximate surface area is 168 Å². The van der Waals surface area contributed by atoms with Crippen molar-refractivity contribution in [3.8, 4) is 5.75 Å². The lowest BCUT2D eigenvalue weighted by Gasteiger charge is -2.38. The number of anilines is 2. The fourth-order valence-corrected chi connectivity index (χ4v) is 3.58. The molecule has 0 saturated heterocycles. The first-order chi connectivity index (χ1) is 14.0. The minimum Gasteiger partial charge on any atom is -0.496 e. The van der Waals surface area contributed by atoms with Crippen molar-refractivity contribution < 1.29 is 9.13 Å². The van der Waals surface area contributed by atoms with Gasteiger partial charge in [-0.1, -0.05) is 18.2 Å². The topological polar surface area (TPSA) is 50.6 Å². The molecule has 0 bridgehead atoms. The molecule has 150 valence electrons. The molecule has 7 heteroatoms. The van der Waals surface area contributed by atoms with Crippen molar-refractivity contribution in [1.29, 1.82) is 0 Å². The van der Waals surface area contributed by atoms with Crippen molar-refractivity contribution in [2.24, 2.45) is 0 Å². The van der Waals surface area contributed by atoms with Gasteiger partial charge in [-0.25, -0.2) is 9.37 Å². The predicted molar refractivity (Wildman–Crippen MR) is 110 cm³/mol. The van der Waals surface area contributed by atoms with Gasteiger partial charge in [0.25, 0.3) is 5.56 Å². The molecule has 2 heterocycles. The second-order valence-electron chi connectivity index (χ2n) is 7.18. The summed E-state index contributed by atoms with van der Waals surface area (Å²) in [5.41, 5.74) is 3.07. The van der Waals surface area contributed by atoms with Gasteiger partial charge in [-0.15, -0.1) is 0 Å². The Balaban J connectivity index is 1.77. The summed E-state index contributed by atoms with van der Waals surface area (Å²) in [4.78, 5) is 21.7. The quantitative estimate of drug-likeness (QED) is 0.677. The van der Waals surface area contributed by atoms with E-state index in [0.29, 0.717) is 37.1 Å². The summed E-state index contributed by atoms with van der Waals surface area (Å²) in [6.07, 6.45) is 0. The fraction of sp³-hybridized carbons (Fsp3) is 0.273. The molecule has 1 aliphatic heterocycles. The number of aryl methyl sites for hydroxylation is 1. The zero-order valence-corrected chi connectivity index (χ0v) is 16.7. The third-order valence-corrected chi connectivity index (χ3v) is 5.27. The largest absolute Gasteiger partial charge is 0.496 e. The number of hydrogen-bond acceptors (Lipinski definition) is 5. The normalized spacial score (nSPS) is 14.0. The Kier molecular flexibility index (Phi) is 5.07. The van der Waals surface area contributed by atoms with Crippen LogP contribution in [0.1, 0.15) is 16.8 Å². The van der Waals surface area contributed by atoms with Crippen molar-refractivity contribution in [3.05, 3.63) is 81.5 Å². The van der Waals surface area contributed by atoms with Crippen LogP contribution < -0.4 is 15.2 Å². The Morgan fingerprint density at radius 2 is 1.79 bits per heavy atom. The van der Waals surface area contributed by atoms with Gasteiger partial charge in [-0.2, -0.15) is 0 Å². The van der Waals surface area contributed by atoms with Crippen LogP contribution in [-0.2, 0) is 13.2 Å². The van der Waals surface area contributed by atoms with E-state index in [0.717, 1.165) is 17.0 Å². The Morgan fingerprint density at radius 1 is 1.07 bits per heavy atom. The molecule has 6 nitrogen and oxygen atoms in total. The third-order valence-electron chi connectivity index (χ3n) is 5.27. The molecule has 1 aromatic heterocycles. The van der Waals surface area contributed by atoms with Gasteiger partial charge in [0.1, 0.15) is 11.6 Å². The maximum absolute atomic E-state index is 13.5. The second kappa shape index (κ2) is 7.67. The summed E-state index contributed by atoms with van der Waals surface area (Å²) in [5, 5.41) is 0. The monoisotopic (exact) mass is 394 g/mol. The molecule has 29 heavy (non-hydrogen) atoms.